The molecule has 0 bridgehead atoms. The van der Waals surface area contributed by atoms with Crippen molar-refractivity contribution in [3.05, 3.63) is 16.1 Å². The first-order valence-corrected chi connectivity index (χ1v) is 7.54. The average Bonchev–Trinajstić information content (AvgIpc) is 2.88. The highest BCUT2D eigenvalue weighted by Gasteiger charge is 2.27. The van der Waals surface area contributed by atoms with Gasteiger partial charge < -0.3 is 9.84 Å². The zero-order valence-electron chi connectivity index (χ0n) is 11.4. The van der Waals surface area contributed by atoms with Crippen LogP contribution in [0, 0.1) is 5.92 Å². The Morgan fingerprint density at radius 3 is 3.05 bits per heavy atom. The van der Waals surface area contributed by atoms with Gasteiger partial charge in [0.25, 0.3) is 0 Å². The molecule has 1 N–H and O–H groups in total. The third-order valence-electron chi connectivity index (χ3n) is 3.26. The van der Waals surface area contributed by atoms with Gasteiger partial charge in [0, 0.05) is 11.9 Å². The molecule has 1 fully saturated rings. The minimum Gasteiger partial charge on any atom is -0.476 e. The zero-order chi connectivity index (χ0) is 14.5. The molecule has 1 aliphatic heterocycles. The predicted octanol–water partition coefficient (Wildman–Crippen LogP) is 1.62. The number of carbonyl (C=O) groups is 2. The molecule has 0 spiro atoms. The first-order valence-electron chi connectivity index (χ1n) is 6.66. The van der Waals surface area contributed by atoms with E-state index in [9.17, 15) is 9.59 Å². The lowest BCUT2D eigenvalue weighted by molar-refractivity contribution is -0.150. The number of carbonyl (C=O) groups excluding carboxylic acids is 1. The van der Waals surface area contributed by atoms with Crippen molar-refractivity contribution in [3.8, 4) is 0 Å². The summed E-state index contributed by atoms with van der Waals surface area (Å²) in [6.07, 6.45) is 1.80. The number of aromatic nitrogens is 1. The molecule has 0 saturated carbocycles. The van der Waals surface area contributed by atoms with Crippen LogP contribution in [0.1, 0.15) is 35.3 Å². The fourth-order valence-corrected chi connectivity index (χ4v) is 3.13. The van der Waals surface area contributed by atoms with Crippen LogP contribution in [0.2, 0.25) is 0 Å². The Balaban J connectivity index is 1.92. The van der Waals surface area contributed by atoms with Gasteiger partial charge in [0.05, 0.1) is 19.1 Å². The third kappa shape index (κ3) is 3.77. The van der Waals surface area contributed by atoms with Crippen molar-refractivity contribution in [2.45, 2.75) is 26.3 Å². The summed E-state index contributed by atoms with van der Waals surface area (Å²) in [5.74, 6) is -1.22. The second kappa shape index (κ2) is 6.81. The molecule has 1 atom stereocenters. The molecule has 20 heavy (non-hydrogen) atoms. The quantitative estimate of drug-likeness (QED) is 0.832. The molecule has 110 valence electrons. The van der Waals surface area contributed by atoms with Crippen LogP contribution < -0.4 is 0 Å². The lowest BCUT2D eigenvalue weighted by Crippen LogP contribution is -2.38. The van der Waals surface area contributed by atoms with Crippen molar-refractivity contribution in [3.63, 3.8) is 0 Å². The molecule has 6 nitrogen and oxygen atoms in total. The second-order valence-electron chi connectivity index (χ2n) is 4.76. The number of likely N-dealkylation sites (tertiary alicyclic amines) is 1. The first-order chi connectivity index (χ1) is 9.60. The summed E-state index contributed by atoms with van der Waals surface area (Å²) >= 11 is 1.34. The van der Waals surface area contributed by atoms with Crippen LogP contribution in [0.4, 0.5) is 0 Å². The Hall–Kier alpha value is -1.47. The van der Waals surface area contributed by atoms with Crippen LogP contribution in [0.25, 0.3) is 0 Å². The van der Waals surface area contributed by atoms with Gasteiger partial charge in [0.1, 0.15) is 5.01 Å². The number of hydrogen-bond acceptors (Lipinski definition) is 6. The molecule has 1 aromatic rings. The maximum Gasteiger partial charge on any atom is 0.355 e. The number of thiazole rings is 1. The molecule has 2 rings (SSSR count). The van der Waals surface area contributed by atoms with Gasteiger partial charge in [-0.3, -0.25) is 9.69 Å². The number of ether oxygens (including phenoxy) is 1. The minimum absolute atomic E-state index is 0.0809. The van der Waals surface area contributed by atoms with Crippen LogP contribution in [0.5, 0.6) is 0 Å². The van der Waals surface area contributed by atoms with E-state index < -0.39 is 5.97 Å². The molecule has 7 heteroatoms. The number of carboxylic acid groups (broad SMARTS) is 1. The standard InChI is InChI=1S/C13H18N2O4S/c1-2-19-13(18)9-4-3-5-15(6-9)7-11-14-10(8-20-11)12(16)17/h8-9H,2-7H2,1H3,(H,16,17). The summed E-state index contributed by atoms with van der Waals surface area (Å²) in [5.41, 5.74) is 0.0870. The summed E-state index contributed by atoms with van der Waals surface area (Å²) in [6, 6.07) is 0. The fourth-order valence-electron chi connectivity index (χ4n) is 2.32. The van der Waals surface area contributed by atoms with Crippen LogP contribution in [-0.2, 0) is 16.1 Å². The lowest BCUT2D eigenvalue weighted by Gasteiger charge is -2.30. The number of piperidine rings is 1. The first kappa shape index (κ1) is 14.9. The van der Waals surface area contributed by atoms with E-state index in [1.807, 2.05) is 6.92 Å². The SMILES string of the molecule is CCOC(=O)C1CCCN(Cc2nc(C(=O)O)cs2)C1. The molecule has 0 radical (unpaired) electrons. The van der Waals surface area contributed by atoms with Gasteiger partial charge in [0.2, 0.25) is 0 Å². The van der Waals surface area contributed by atoms with Crippen molar-refractivity contribution in [2.75, 3.05) is 19.7 Å². The molecule has 1 saturated heterocycles. The van der Waals surface area contributed by atoms with E-state index in [0.29, 0.717) is 19.7 Å². The van der Waals surface area contributed by atoms with Crippen LogP contribution in [0.15, 0.2) is 5.38 Å². The Morgan fingerprint density at radius 1 is 1.60 bits per heavy atom. The second-order valence-corrected chi connectivity index (χ2v) is 5.70. The summed E-state index contributed by atoms with van der Waals surface area (Å²) in [7, 11) is 0. The van der Waals surface area contributed by atoms with E-state index in [4.69, 9.17) is 9.84 Å². The highest BCUT2D eigenvalue weighted by Crippen LogP contribution is 2.21. The van der Waals surface area contributed by atoms with Gasteiger partial charge >= 0.3 is 11.9 Å². The molecule has 0 aliphatic carbocycles. The summed E-state index contributed by atoms with van der Waals surface area (Å²) in [4.78, 5) is 28.7. The Morgan fingerprint density at radius 2 is 2.40 bits per heavy atom. The maximum absolute atomic E-state index is 11.7. The van der Waals surface area contributed by atoms with Gasteiger partial charge in [-0.15, -0.1) is 11.3 Å². The minimum atomic E-state index is -1.00. The third-order valence-corrected chi connectivity index (χ3v) is 4.09. The van der Waals surface area contributed by atoms with Crippen molar-refractivity contribution in [1.29, 1.82) is 0 Å². The predicted molar refractivity (Wildman–Crippen MR) is 73.7 cm³/mol. The largest absolute Gasteiger partial charge is 0.476 e. The molecule has 1 aliphatic rings. The average molecular weight is 298 g/mol. The number of esters is 1. The van der Waals surface area contributed by atoms with E-state index in [2.05, 4.69) is 9.88 Å². The van der Waals surface area contributed by atoms with Crippen molar-refractivity contribution in [1.82, 2.24) is 9.88 Å². The number of hydrogen-bond donors (Lipinski definition) is 1. The zero-order valence-corrected chi connectivity index (χ0v) is 12.2. The molecule has 0 aromatic carbocycles. The van der Waals surface area contributed by atoms with Gasteiger partial charge in [-0.1, -0.05) is 0 Å². The molecule has 0 amide bonds. The summed E-state index contributed by atoms with van der Waals surface area (Å²) in [6.45, 7) is 4.36. The Labute approximate surface area is 121 Å². The van der Waals surface area contributed by atoms with Gasteiger partial charge in [0.15, 0.2) is 5.69 Å². The van der Waals surface area contributed by atoms with Gasteiger partial charge in [-0.2, -0.15) is 0 Å². The van der Waals surface area contributed by atoms with Crippen LogP contribution in [0.3, 0.4) is 0 Å². The molecule has 1 aromatic heterocycles. The van der Waals surface area contributed by atoms with E-state index in [-0.39, 0.29) is 17.6 Å². The number of carboxylic acids is 1. The molecule has 1 unspecified atom stereocenters. The Kier molecular flexibility index (Phi) is 5.08. The van der Waals surface area contributed by atoms with Crippen molar-refractivity contribution in [2.24, 2.45) is 5.92 Å². The maximum atomic E-state index is 11.7. The normalized spacial score (nSPS) is 19.8. The van der Waals surface area contributed by atoms with E-state index >= 15 is 0 Å². The molecular formula is C13H18N2O4S. The smallest absolute Gasteiger partial charge is 0.355 e. The lowest BCUT2D eigenvalue weighted by atomic mass is 9.98. The fraction of sp³-hybridized carbons (Fsp3) is 0.615. The summed E-state index contributed by atoms with van der Waals surface area (Å²) in [5, 5.41) is 11.2. The molecular weight excluding hydrogens is 280 g/mol. The number of rotatable bonds is 5. The van der Waals surface area contributed by atoms with Crippen LogP contribution in [-0.4, -0.2) is 46.6 Å². The molecule has 2 heterocycles. The topological polar surface area (TPSA) is 79.7 Å². The van der Waals surface area contributed by atoms with E-state index in [1.165, 1.54) is 11.3 Å². The van der Waals surface area contributed by atoms with E-state index in [1.54, 1.807) is 5.38 Å². The monoisotopic (exact) mass is 298 g/mol. The number of aromatic carboxylic acids is 1. The highest BCUT2D eigenvalue weighted by molar-refractivity contribution is 7.09. The van der Waals surface area contributed by atoms with E-state index in [0.717, 1.165) is 24.4 Å². The van der Waals surface area contributed by atoms with Gasteiger partial charge in [-0.25, -0.2) is 9.78 Å². The summed E-state index contributed by atoms with van der Waals surface area (Å²) < 4.78 is 5.06. The van der Waals surface area contributed by atoms with Crippen molar-refractivity contribution >= 4 is 23.3 Å². The Bertz CT molecular complexity index is 488. The van der Waals surface area contributed by atoms with Crippen LogP contribution >= 0.6 is 11.3 Å². The van der Waals surface area contributed by atoms with Gasteiger partial charge in [-0.05, 0) is 26.3 Å². The van der Waals surface area contributed by atoms with Crippen molar-refractivity contribution < 1.29 is 19.4 Å². The highest BCUT2D eigenvalue weighted by atomic mass is 32.1. The number of nitrogens with zero attached hydrogens (tertiary/aromatic N) is 2.